The number of nitrogens with one attached hydrogen (secondary N) is 1. The summed E-state index contributed by atoms with van der Waals surface area (Å²) in [5.74, 6) is -0.911. The molecule has 1 aromatic heterocycles. The van der Waals surface area contributed by atoms with Crippen molar-refractivity contribution >= 4 is 17.6 Å². The molecule has 0 fully saturated rings. The van der Waals surface area contributed by atoms with Crippen molar-refractivity contribution < 1.29 is 28.6 Å². The average molecular weight is 558 g/mol. The molecule has 0 aliphatic rings. The lowest BCUT2D eigenvalue weighted by Gasteiger charge is -2.23. The predicted molar refractivity (Wildman–Crippen MR) is 153 cm³/mol. The number of phenolic OH excluding ortho intramolecular Hbond substituents is 1. The molecular weight excluding hydrogens is 525 g/mol. The van der Waals surface area contributed by atoms with Crippen LogP contribution in [-0.4, -0.2) is 33.5 Å². The van der Waals surface area contributed by atoms with Gasteiger partial charge in [0, 0.05) is 37.1 Å². The number of pyridine rings is 1. The summed E-state index contributed by atoms with van der Waals surface area (Å²) in [6.07, 6.45) is 1.72. The highest BCUT2D eigenvalue weighted by molar-refractivity contribution is 6.37. The number of hydrogen-bond donors (Lipinski definition) is 2. The summed E-state index contributed by atoms with van der Waals surface area (Å²) in [6.45, 7) is 6.68. The number of anilines is 1. The molecular formula is C32H32FN3O5. The third kappa shape index (κ3) is 8.12. The Kier molecular flexibility index (Phi) is 9.65. The van der Waals surface area contributed by atoms with E-state index in [-0.39, 0.29) is 18.2 Å². The standard InChI is InChI=1S/C32H32FN3O5/c1-4-40-32(39)31(38)35-27-14-21(2)30(22(3)15-27)41-28-11-12-29(37)24(17-28)19-36(20-26-10-5-6-13-34-26)18-23-8-7-9-25(33)16-23/h5-17,37H,4,18-20H2,1-3H3,(H,35,38). The minimum Gasteiger partial charge on any atom is -0.508 e. The summed E-state index contributed by atoms with van der Waals surface area (Å²) in [5.41, 5.74) is 4.19. The lowest BCUT2D eigenvalue weighted by Crippen LogP contribution is -2.25. The first-order valence-corrected chi connectivity index (χ1v) is 13.2. The number of rotatable bonds is 10. The summed E-state index contributed by atoms with van der Waals surface area (Å²) in [6, 6.07) is 20.5. The Hall–Kier alpha value is -4.76. The van der Waals surface area contributed by atoms with Crippen molar-refractivity contribution in [2.24, 2.45) is 0 Å². The molecule has 9 heteroatoms. The first kappa shape index (κ1) is 29.2. The molecule has 3 aromatic carbocycles. The molecule has 0 saturated carbocycles. The van der Waals surface area contributed by atoms with Crippen LogP contribution in [0.1, 0.15) is 34.9 Å². The molecule has 1 heterocycles. The SMILES string of the molecule is CCOC(=O)C(=O)Nc1cc(C)c(Oc2ccc(O)c(CN(Cc3cccc(F)c3)Cc3ccccn3)c2)c(C)c1. The smallest absolute Gasteiger partial charge is 0.397 e. The molecule has 0 aliphatic carbocycles. The van der Waals surface area contributed by atoms with E-state index in [1.54, 1.807) is 49.5 Å². The van der Waals surface area contributed by atoms with Crippen molar-refractivity contribution in [1.82, 2.24) is 9.88 Å². The third-order valence-corrected chi connectivity index (χ3v) is 6.25. The van der Waals surface area contributed by atoms with Crippen LogP contribution in [0.25, 0.3) is 0 Å². The molecule has 0 aliphatic heterocycles. The number of benzene rings is 3. The minimum absolute atomic E-state index is 0.105. The van der Waals surface area contributed by atoms with E-state index >= 15 is 0 Å². The highest BCUT2D eigenvalue weighted by Gasteiger charge is 2.17. The number of phenols is 1. The lowest BCUT2D eigenvalue weighted by atomic mass is 10.1. The number of aromatic nitrogens is 1. The molecule has 2 N–H and O–H groups in total. The van der Waals surface area contributed by atoms with Crippen LogP contribution in [0.15, 0.2) is 79.0 Å². The Bertz CT molecular complexity index is 1500. The molecule has 1 amide bonds. The summed E-state index contributed by atoms with van der Waals surface area (Å²) in [4.78, 5) is 30.2. The van der Waals surface area contributed by atoms with E-state index in [4.69, 9.17) is 9.47 Å². The fraction of sp³-hybridized carbons (Fsp3) is 0.219. The van der Waals surface area contributed by atoms with Crippen LogP contribution in [0.2, 0.25) is 0 Å². The number of ether oxygens (including phenoxy) is 2. The molecule has 212 valence electrons. The van der Waals surface area contributed by atoms with Gasteiger partial charge >= 0.3 is 11.9 Å². The van der Waals surface area contributed by atoms with Gasteiger partial charge in [-0.25, -0.2) is 9.18 Å². The summed E-state index contributed by atoms with van der Waals surface area (Å²) < 4.78 is 24.8. The summed E-state index contributed by atoms with van der Waals surface area (Å²) in [5, 5.41) is 13.2. The van der Waals surface area contributed by atoms with Gasteiger partial charge in [-0.3, -0.25) is 14.7 Å². The van der Waals surface area contributed by atoms with Gasteiger partial charge in [-0.05, 0) is 92.1 Å². The number of hydrogen-bond acceptors (Lipinski definition) is 7. The second kappa shape index (κ2) is 13.5. The van der Waals surface area contributed by atoms with Crippen molar-refractivity contribution in [3.63, 3.8) is 0 Å². The van der Waals surface area contributed by atoms with E-state index in [0.29, 0.717) is 42.4 Å². The Morgan fingerprint density at radius 1 is 0.951 bits per heavy atom. The quantitative estimate of drug-likeness (QED) is 0.181. The van der Waals surface area contributed by atoms with Gasteiger partial charge < -0.3 is 19.9 Å². The number of carbonyl (C=O) groups is 2. The van der Waals surface area contributed by atoms with Crippen molar-refractivity contribution in [3.05, 3.63) is 113 Å². The minimum atomic E-state index is -0.950. The number of nitrogens with zero attached hydrogens (tertiary/aromatic N) is 2. The second-order valence-electron chi connectivity index (χ2n) is 9.60. The van der Waals surface area contributed by atoms with Crippen LogP contribution < -0.4 is 10.1 Å². The Labute approximate surface area is 238 Å². The molecule has 4 rings (SSSR count). The molecule has 0 saturated heterocycles. The zero-order valence-electron chi connectivity index (χ0n) is 23.2. The predicted octanol–water partition coefficient (Wildman–Crippen LogP) is 6.04. The molecule has 4 aromatic rings. The van der Waals surface area contributed by atoms with Gasteiger partial charge in [0.2, 0.25) is 0 Å². The van der Waals surface area contributed by atoms with E-state index in [9.17, 15) is 19.1 Å². The number of halogens is 1. The number of amides is 1. The fourth-order valence-corrected chi connectivity index (χ4v) is 4.45. The van der Waals surface area contributed by atoms with Crippen LogP contribution in [0.5, 0.6) is 17.2 Å². The summed E-state index contributed by atoms with van der Waals surface area (Å²) >= 11 is 0. The molecule has 41 heavy (non-hydrogen) atoms. The van der Waals surface area contributed by atoms with Gasteiger partial charge in [0.15, 0.2) is 0 Å². The van der Waals surface area contributed by atoms with Crippen molar-refractivity contribution in [3.8, 4) is 17.2 Å². The molecule has 0 atom stereocenters. The lowest BCUT2D eigenvalue weighted by molar-refractivity contribution is -0.152. The average Bonchev–Trinajstić information content (AvgIpc) is 2.93. The first-order valence-electron chi connectivity index (χ1n) is 13.2. The van der Waals surface area contributed by atoms with Crippen LogP contribution in [0.4, 0.5) is 10.1 Å². The number of aromatic hydroxyl groups is 1. The van der Waals surface area contributed by atoms with E-state index in [0.717, 1.165) is 22.4 Å². The topological polar surface area (TPSA) is 101 Å². The Morgan fingerprint density at radius 3 is 2.41 bits per heavy atom. The highest BCUT2D eigenvalue weighted by Crippen LogP contribution is 2.34. The second-order valence-corrected chi connectivity index (χ2v) is 9.60. The number of esters is 1. The maximum Gasteiger partial charge on any atom is 0.397 e. The Morgan fingerprint density at radius 2 is 1.73 bits per heavy atom. The van der Waals surface area contributed by atoms with Gasteiger partial charge in [-0.15, -0.1) is 0 Å². The van der Waals surface area contributed by atoms with Crippen molar-refractivity contribution in [1.29, 1.82) is 0 Å². The normalized spacial score (nSPS) is 10.9. The van der Waals surface area contributed by atoms with Crippen LogP contribution in [0, 0.1) is 19.7 Å². The van der Waals surface area contributed by atoms with Crippen LogP contribution in [0.3, 0.4) is 0 Å². The largest absolute Gasteiger partial charge is 0.508 e. The molecule has 0 radical (unpaired) electrons. The van der Waals surface area contributed by atoms with Crippen molar-refractivity contribution in [2.45, 2.75) is 40.4 Å². The number of carbonyl (C=O) groups excluding carboxylic acids is 2. The van der Waals surface area contributed by atoms with Crippen molar-refractivity contribution in [2.75, 3.05) is 11.9 Å². The van der Waals surface area contributed by atoms with Gasteiger partial charge in [-0.1, -0.05) is 18.2 Å². The molecule has 8 nitrogen and oxygen atoms in total. The monoisotopic (exact) mass is 557 g/mol. The summed E-state index contributed by atoms with van der Waals surface area (Å²) in [7, 11) is 0. The zero-order valence-corrected chi connectivity index (χ0v) is 23.2. The van der Waals surface area contributed by atoms with Gasteiger partial charge in [0.1, 0.15) is 23.1 Å². The van der Waals surface area contributed by atoms with E-state index in [1.807, 2.05) is 38.1 Å². The zero-order chi connectivity index (χ0) is 29.4. The molecule has 0 unspecified atom stereocenters. The fourth-order valence-electron chi connectivity index (χ4n) is 4.45. The van der Waals surface area contributed by atoms with E-state index < -0.39 is 11.9 Å². The van der Waals surface area contributed by atoms with E-state index in [2.05, 4.69) is 15.2 Å². The first-order chi connectivity index (χ1) is 19.7. The molecule has 0 bridgehead atoms. The Balaban J connectivity index is 1.54. The third-order valence-electron chi connectivity index (χ3n) is 6.25. The van der Waals surface area contributed by atoms with Crippen LogP contribution >= 0.6 is 0 Å². The molecule has 0 spiro atoms. The highest BCUT2D eigenvalue weighted by atomic mass is 19.1. The van der Waals surface area contributed by atoms with E-state index in [1.165, 1.54) is 12.1 Å². The van der Waals surface area contributed by atoms with Gasteiger partial charge in [0.25, 0.3) is 0 Å². The maximum atomic E-state index is 13.9. The van der Waals surface area contributed by atoms with Gasteiger partial charge in [0.05, 0.1) is 12.3 Å². The van der Waals surface area contributed by atoms with Gasteiger partial charge in [-0.2, -0.15) is 0 Å². The van der Waals surface area contributed by atoms with Crippen LogP contribution in [-0.2, 0) is 34.0 Å². The number of aryl methyl sites for hydroxylation is 2. The maximum absolute atomic E-state index is 13.9.